The van der Waals surface area contributed by atoms with E-state index in [1.54, 1.807) is 43.0 Å². The number of amides is 1. The Morgan fingerprint density at radius 2 is 1.80 bits per heavy atom. The summed E-state index contributed by atoms with van der Waals surface area (Å²) in [6, 6.07) is 19.4. The van der Waals surface area contributed by atoms with E-state index in [0.717, 1.165) is 11.1 Å². The smallest absolute Gasteiger partial charge is 0.295 e. The van der Waals surface area contributed by atoms with Crippen LogP contribution in [-0.4, -0.2) is 42.7 Å². The normalized spacial score (nSPS) is 16.2. The first kappa shape index (κ1) is 27.3. The zero-order valence-electron chi connectivity index (χ0n) is 22.3. The molecule has 0 unspecified atom stereocenters. The predicted octanol–water partition coefficient (Wildman–Crippen LogP) is 5.19. The van der Waals surface area contributed by atoms with E-state index >= 15 is 0 Å². The minimum Gasteiger partial charge on any atom is -0.507 e. The number of imidazole rings is 1. The highest BCUT2D eigenvalue weighted by Crippen LogP contribution is 2.40. The highest BCUT2D eigenvalue weighted by atomic mass is 16.6. The summed E-state index contributed by atoms with van der Waals surface area (Å²) in [6.07, 6.45) is 5.65. The van der Waals surface area contributed by atoms with Gasteiger partial charge in [-0.15, -0.1) is 0 Å². The maximum atomic E-state index is 13.3. The number of Topliss-reactive ketones (excluding diaryl/α,β-unsaturated/α-hetero) is 1. The van der Waals surface area contributed by atoms with Gasteiger partial charge in [0, 0.05) is 43.2 Å². The van der Waals surface area contributed by atoms with Crippen molar-refractivity contribution in [1.82, 2.24) is 14.5 Å². The zero-order chi connectivity index (χ0) is 28.9. The summed E-state index contributed by atoms with van der Waals surface area (Å²) in [5.41, 5.74) is 2.79. The van der Waals surface area contributed by atoms with Crippen LogP contribution in [-0.2, 0) is 22.7 Å². The second kappa shape index (κ2) is 11.9. The number of rotatable bonds is 10. The summed E-state index contributed by atoms with van der Waals surface area (Å²) in [7, 11) is 0. The molecule has 0 aliphatic carbocycles. The van der Waals surface area contributed by atoms with Crippen LogP contribution in [0.4, 0.5) is 5.69 Å². The number of aliphatic hydroxyl groups is 1. The molecule has 3 aromatic carbocycles. The molecule has 1 N–H and O–H groups in total. The van der Waals surface area contributed by atoms with Gasteiger partial charge in [-0.1, -0.05) is 29.8 Å². The van der Waals surface area contributed by atoms with Crippen LogP contribution in [0.25, 0.3) is 5.76 Å². The average Bonchev–Trinajstić information content (AvgIpc) is 3.58. The van der Waals surface area contributed by atoms with Gasteiger partial charge in [0.2, 0.25) is 0 Å². The number of likely N-dealkylation sites (tertiary alicyclic amines) is 1. The molecule has 1 aromatic heterocycles. The molecule has 0 spiro atoms. The quantitative estimate of drug-likeness (QED) is 0.0943. The summed E-state index contributed by atoms with van der Waals surface area (Å²) < 4.78 is 7.73. The molecule has 1 amide bonds. The number of hydrogen-bond acceptors (Lipinski definition) is 7. The third-order valence-corrected chi connectivity index (χ3v) is 6.95. The monoisotopic (exact) mass is 552 g/mol. The van der Waals surface area contributed by atoms with E-state index in [2.05, 4.69) is 4.98 Å². The SMILES string of the molecule is Cc1cccc(COc2ccc(C(O)=C3C(=O)C(=O)N(CCCn4ccnc4)[C@@H]3c3ccc([N+](=O)[O-])cc3)cc2)c1. The number of benzene rings is 3. The van der Waals surface area contributed by atoms with Gasteiger partial charge in [0.05, 0.1) is 22.9 Å². The summed E-state index contributed by atoms with van der Waals surface area (Å²) in [5.74, 6) is -1.30. The topological polar surface area (TPSA) is 128 Å². The number of non-ortho nitro benzene ring substituents is 1. The van der Waals surface area contributed by atoms with E-state index in [1.165, 1.54) is 29.2 Å². The van der Waals surface area contributed by atoms with Gasteiger partial charge >= 0.3 is 0 Å². The number of carbonyl (C=O) groups excluding carboxylic acids is 2. The highest BCUT2D eigenvalue weighted by molar-refractivity contribution is 6.46. The zero-order valence-corrected chi connectivity index (χ0v) is 22.3. The lowest BCUT2D eigenvalue weighted by atomic mass is 9.95. The minimum atomic E-state index is -0.907. The Morgan fingerprint density at radius 3 is 2.46 bits per heavy atom. The first-order chi connectivity index (χ1) is 19.8. The molecule has 10 nitrogen and oxygen atoms in total. The van der Waals surface area contributed by atoms with Crippen molar-refractivity contribution in [3.05, 3.63) is 129 Å². The minimum absolute atomic E-state index is 0.0695. The number of ether oxygens (including phenoxy) is 1. The molecule has 4 aromatic rings. The Bertz CT molecular complexity index is 1590. The van der Waals surface area contributed by atoms with Gasteiger partial charge in [0.25, 0.3) is 17.4 Å². The molecule has 1 saturated heterocycles. The number of aliphatic hydroxyl groups excluding tert-OH is 1. The van der Waals surface area contributed by atoms with Crippen LogP contribution >= 0.6 is 0 Å². The number of hydrogen-bond donors (Lipinski definition) is 1. The lowest BCUT2D eigenvalue weighted by Gasteiger charge is -2.25. The number of carbonyl (C=O) groups is 2. The van der Waals surface area contributed by atoms with Crippen molar-refractivity contribution in [3.8, 4) is 5.75 Å². The van der Waals surface area contributed by atoms with E-state index in [-0.39, 0.29) is 23.6 Å². The third-order valence-electron chi connectivity index (χ3n) is 6.95. The molecule has 0 saturated carbocycles. The molecule has 41 heavy (non-hydrogen) atoms. The first-order valence-corrected chi connectivity index (χ1v) is 13.1. The molecule has 208 valence electrons. The van der Waals surface area contributed by atoms with E-state index in [0.29, 0.717) is 36.4 Å². The van der Waals surface area contributed by atoms with Crippen LogP contribution in [0.5, 0.6) is 5.75 Å². The molecule has 0 radical (unpaired) electrons. The van der Waals surface area contributed by atoms with E-state index in [1.807, 2.05) is 35.8 Å². The van der Waals surface area contributed by atoms with E-state index in [4.69, 9.17) is 4.74 Å². The summed E-state index contributed by atoms with van der Waals surface area (Å²) in [5, 5.41) is 22.5. The first-order valence-electron chi connectivity index (χ1n) is 13.1. The lowest BCUT2D eigenvalue weighted by molar-refractivity contribution is -0.384. The molecule has 5 rings (SSSR count). The Kier molecular flexibility index (Phi) is 7.91. The fourth-order valence-electron chi connectivity index (χ4n) is 4.91. The van der Waals surface area contributed by atoms with Crippen LogP contribution in [0.1, 0.15) is 34.7 Å². The maximum absolute atomic E-state index is 13.3. The van der Waals surface area contributed by atoms with Crippen molar-refractivity contribution in [2.45, 2.75) is 32.5 Å². The van der Waals surface area contributed by atoms with Crippen molar-refractivity contribution in [1.29, 1.82) is 0 Å². The predicted molar refractivity (Wildman–Crippen MR) is 151 cm³/mol. The fourth-order valence-corrected chi connectivity index (χ4v) is 4.91. The van der Waals surface area contributed by atoms with E-state index < -0.39 is 22.7 Å². The largest absolute Gasteiger partial charge is 0.507 e. The van der Waals surface area contributed by atoms with Crippen molar-refractivity contribution in [2.24, 2.45) is 0 Å². The van der Waals surface area contributed by atoms with Crippen LogP contribution in [0.3, 0.4) is 0 Å². The standard InChI is InChI=1S/C31H28N4O6/c1-21-4-2-5-22(18-21)19-41-26-12-8-24(9-13-26)29(36)27-28(23-6-10-25(11-7-23)35(39)40)34(31(38)30(27)37)16-3-15-33-17-14-32-20-33/h2,4-14,17-18,20,28,36H,3,15-16,19H2,1H3/t28-/m1/s1. The van der Waals surface area contributed by atoms with Crippen molar-refractivity contribution < 1.29 is 24.4 Å². The molecule has 1 atom stereocenters. The second-order valence-corrected chi connectivity index (χ2v) is 9.80. The van der Waals surface area contributed by atoms with Gasteiger partial charge in [-0.3, -0.25) is 19.7 Å². The average molecular weight is 553 g/mol. The third kappa shape index (κ3) is 6.01. The molecule has 0 bridgehead atoms. The molecular weight excluding hydrogens is 524 g/mol. The molecule has 1 aliphatic rings. The van der Waals surface area contributed by atoms with Crippen LogP contribution in [0, 0.1) is 17.0 Å². The molecule has 10 heteroatoms. The summed E-state index contributed by atoms with van der Waals surface area (Å²) in [6.45, 7) is 3.18. The van der Waals surface area contributed by atoms with Gasteiger partial charge in [-0.05, 0) is 60.9 Å². The van der Waals surface area contributed by atoms with Crippen LogP contribution in [0.2, 0.25) is 0 Å². The lowest BCUT2D eigenvalue weighted by Crippen LogP contribution is -2.31. The van der Waals surface area contributed by atoms with Gasteiger partial charge in [0.15, 0.2) is 0 Å². The Morgan fingerprint density at radius 1 is 1.05 bits per heavy atom. The van der Waals surface area contributed by atoms with E-state index in [9.17, 15) is 24.8 Å². The van der Waals surface area contributed by atoms with Crippen LogP contribution in [0.15, 0.2) is 97.1 Å². The Labute approximate surface area is 236 Å². The summed E-state index contributed by atoms with van der Waals surface area (Å²) in [4.78, 5) is 42.6. The number of nitro benzene ring substituents is 1. The number of aromatic nitrogens is 2. The second-order valence-electron chi connectivity index (χ2n) is 9.80. The van der Waals surface area contributed by atoms with Gasteiger partial charge in [-0.25, -0.2) is 4.98 Å². The molecule has 1 fully saturated rings. The highest BCUT2D eigenvalue weighted by Gasteiger charge is 2.45. The number of nitro groups is 1. The number of aryl methyl sites for hydroxylation is 2. The Hall–Kier alpha value is -5.25. The van der Waals surface area contributed by atoms with Crippen molar-refractivity contribution >= 4 is 23.1 Å². The van der Waals surface area contributed by atoms with Gasteiger partial charge < -0.3 is 19.3 Å². The molecule has 2 heterocycles. The summed E-state index contributed by atoms with van der Waals surface area (Å²) >= 11 is 0. The molecular formula is C31H28N4O6. The fraction of sp³-hybridized carbons (Fsp3) is 0.194. The Balaban J connectivity index is 1.43. The maximum Gasteiger partial charge on any atom is 0.295 e. The van der Waals surface area contributed by atoms with Crippen LogP contribution < -0.4 is 4.74 Å². The van der Waals surface area contributed by atoms with Gasteiger partial charge in [0.1, 0.15) is 18.1 Å². The van der Waals surface area contributed by atoms with Gasteiger partial charge in [-0.2, -0.15) is 0 Å². The number of nitrogens with zero attached hydrogens (tertiary/aromatic N) is 4. The molecule has 1 aliphatic heterocycles. The van der Waals surface area contributed by atoms with Crippen molar-refractivity contribution in [3.63, 3.8) is 0 Å². The number of ketones is 1. The van der Waals surface area contributed by atoms with Crippen molar-refractivity contribution in [2.75, 3.05) is 6.54 Å².